The van der Waals surface area contributed by atoms with Crippen molar-refractivity contribution in [2.75, 3.05) is 32.8 Å². The molecule has 2 aliphatic heterocycles. The van der Waals surface area contributed by atoms with Crippen LogP contribution in [0.2, 0.25) is 0 Å². The molecule has 1 radical (unpaired) electrons. The first-order valence-corrected chi connectivity index (χ1v) is 5.63. The highest BCUT2D eigenvalue weighted by molar-refractivity contribution is 5.83. The zero-order chi connectivity index (χ0) is 10.7. The molecule has 0 aromatic rings. The summed E-state index contributed by atoms with van der Waals surface area (Å²) in [5.41, 5.74) is 5.53. The van der Waals surface area contributed by atoms with E-state index in [1.54, 1.807) is 6.42 Å². The Bertz CT molecular complexity index is 227. The largest absolute Gasteiger partial charge is 0.381 e. The summed E-state index contributed by atoms with van der Waals surface area (Å²) in [6.45, 7) is 4.68. The molecule has 2 N–H and O–H groups in total. The summed E-state index contributed by atoms with van der Waals surface area (Å²) < 4.78 is 5.47. The quantitative estimate of drug-likeness (QED) is 0.724. The van der Waals surface area contributed by atoms with Crippen LogP contribution in [0.5, 0.6) is 0 Å². The Morgan fingerprint density at radius 2 is 2.13 bits per heavy atom. The van der Waals surface area contributed by atoms with Gasteiger partial charge in [-0.05, 0) is 37.8 Å². The molecule has 2 aliphatic rings. The topological polar surface area (TPSA) is 55.6 Å². The van der Waals surface area contributed by atoms with Gasteiger partial charge in [0.05, 0.1) is 13.0 Å². The molecule has 0 saturated carbocycles. The van der Waals surface area contributed by atoms with E-state index >= 15 is 0 Å². The number of piperidine rings is 1. The second-order valence-electron chi connectivity index (χ2n) is 4.71. The van der Waals surface area contributed by atoms with Gasteiger partial charge in [-0.1, -0.05) is 0 Å². The third kappa shape index (κ3) is 2.69. The molecule has 2 saturated heterocycles. The van der Waals surface area contributed by atoms with Gasteiger partial charge in [-0.3, -0.25) is 4.79 Å². The Balaban J connectivity index is 1.74. The lowest BCUT2D eigenvalue weighted by molar-refractivity contribution is -0.115. The fraction of sp³-hybridized carbons (Fsp3) is 0.818. The maximum absolute atomic E-state index is 10.6. The molecule has 0 unspecified atom stereocenters. The van der Waals surface area contributed by atoms with Gasteiger partial charge in [0, 0.05) is 13.2 Å². The third-order valence-electron chi connectivity index (χ3n) is 3.65. The number of ether oxygens (including phenoxy) is 1. The minimum atomic E-state index is -0.320. The monoisotopic (exact) mass is 211 g/mol. The minimum absolute atomic E-state index is 0.320. The van der Waals surface area contributed by atoms with Crippen LogP contribution in [0.25, 0.3) is 0 Å². The van der Waals surface area contributed by atoms with Crippen LogP contribution in [0.15, 0.2) is 0 Å². The smallest absolute Gasteiger partial charge is 0.222 e. The standard InChI is InChI=1S/C11H19N2O2/c12-10(14)1-5-13-6-2-11(3-7-13)4-8-15-9-11/h1H,2-9H2,(H2,12,14). The SMILES string of the molecule is NC(=O)[CH]CN1CCC2(CCOC2)CC1. The number of rotatable bonds is 3. The highest BCUT2D eigenvalue weighted by Gasteiger charge is 2.37. The van der Waals surface area contributed by atoms with Crippen LogP contribution in [-0.4, -0.2) is 43.7 Å². The average Bonchev–Trinajstić information content (AvgIpc) is 2.66. The van der Waals surface area contributed by atoms with E-state index in [2.05, 4.69) is 4.90 Å². The predicted molar refractivity (Wildman–Crippen MR) is 57.0 cm³/mol. The number of carbonyl (C=O) groups is 1. The zero-order valence-electron chi connectivity index (χ0n) is 9.08. The van der Waals surface area contributed by atoms with Crippen molar-refractivity contribution < 1.29 is 9.53 Å². The number of nitrogens with zero attached hydrogens (tertiary/aromatic N) is 1. The first-order chi connectivity index (χ1) is 7.20. The molecule has 0 aliphatic carbocycles. The molecule has 85 valence electrons. The normalized spacial score (nSPS) is 25.9. The number of hydrogen-bond donors (Lipinski definition) is 1. The molecule has 4 heteroatoms. The van der Waals surface area contributed by atoms with Gasteiger partial charge in [0.2, 0.25) is 5.91 Å². The molecule has 1 spiro atoms. The summed E-state index contributed by atoms with van der Waals surface area (Å²) in [6, 6.07) is 0. The van der Waals surface area contributed by atoms with Gasteiger partial charge >= 0.3 is 0 Å². The lowest BCUT2D eigenvalue weighted by Gasteiger charge is -2.38. The van der Waals surface area contributed by atoms with Crippen molar-refractivity contribution in [3.05, 3.63) is 6.42 Å². The molecule has 1 amide bonds. The number of hydrogen-bond acceptors (Lipinski definition) is 3. The van der Waals surface area contributed by atoms with Crippen molar-refractivity contribution in [1.82, 2.24) is 4.90 Å². The summed E-state index contributed by atoms with van der Waals surface area (Å²) in [6.07, 6.45) is 5.16. The Morgan fingerprint density at radius 3 is 2.67 bits per heavy atom. The first kappa shape index (κ1) is 10.9. The fourth-order valence-corrected chi connectivity index (χ4v) is 2.47. The maximum atomic E-state index is 10.6. The van der Waals surface area contributed by atoms with Crippen LogP contribution in [-0.2, 0) is 9.53 Å². The highest BCUT2D eigenvalue weighted by atomic mass is 16.5. The summed E-state index contributed by atoms with van der Waals surface area (Å²) in [7, 11) is 0. The number of carbonyl (C=O) groups excluding carboxylic acids is 1. The number of amides is 1. The molecule has 4 nitrogen and oxygen atoms in total. The van der Waals surface area contributed by atoms with Crippen LogP contribution in [0.4, 0.5) is 0 Å². The molecule has 2 fully saturated rings. The van der Waals surface area contributed by atoms with Gasteiger partial charge in [-0.15, -0.1) is 0 Å². The van der Waals surface area contributed by atoms with Crippen LogP contribution < -0.4 is 5.73 Å². The molecular weight excluding hydrogens is 192 g/mol. The molecule has 0 aromatic carbocycles. The number of primary amides is 1. The molecular formula is C11H19N2O2. The van der Waals surface area contributed by atoms with Gasteiger partial charge in [0.15, 0.2) is 0 Å². The Kier molecular flexibility index (Phi) is 3.26. The summed E-state index contributed by atoms with van der Waals surface area (Å²) in [5.74, 6) is -0.320. The van der Waals surface area contributed by atoms with E-state index in [-0.39, 0.29) is 5.91 Å². The predicted octanol–water partition coefficient (Wildman–Crippen LogP) is 0.178. The lowest BCUT2D eigenvalue weighted by Crippen LogP contribution is -2.41. The average molecular weight is 211 g/mol. The van der Waals surface area contributed by atoms with Crippen molar-refractivity contribution in [2.24, 2.45) is 11.1 Å². The zero-order valence-corrected chi connectivity index (χ0v) is 9.08. The third-order valence-corrected chi connectivity index (χ3v) is 3.65. The molecule has 2 rings (SSSR count). The van der Waals surface area contributed by atoms with Crippen molar-refractivity contribution in [2.45, 2.75) is 19.3 Å². The summed E-state index contributed by atoms with van der Waals surface area (Å²) >= 11 is 0. The highest BCUT2D eigenvalue weighted by Crippen LogP contribution is 2.38. The van der Waals surface area contributed by atoms with E-state index in [0.29, 0.717) is 12.0 Å². The molecule has 0 aromatic heterocycles. The van der Waals surface area contributed by atoms with E-state index in [0.717, 1.165) is 26.3 Å². The van der Waals surface area contributed by atoms with Crippen LogP contribution in [0.3, 0.4) is 0 Å². The minimum Gasteiger partial charge on any atom is -0.381 e. The molecule has 2 heterocycles. The van der Waals surface area contributed by atoms with Crippen molar-refractivity contribution in [3.63, 3.8) is 0 Å². The van der Waals surface area contributed by atoms with E-state index in [1.165, 1.54) is 19.3 Å². The Hall–Kier alpha value is -0.610. The van der Waals surface area contributed by atoms with Crippen LogP contribution >= 0.6 is 0 Å². The van der Waals surface area contributed by atoms with Gasteiger partial charge in [0.25, 0.3) is 0 Å². The van der Waals surface area contributed by atoms with Crippen molar-refractivity contribution in [1.29, 1.82) is 0 Å². The van der Waals surface area contributed by atoms with Gasteiger partial charge in [-0.25, -0.2) is 0 Å². The number of nitrogens with two attached hydrogens (primary N) is 1. The first-order valence-electron chi connectivity index (χ1n) is 5.63. The van der Waals surface area contributed by atoms with E-state index in [9.17, 15) is 4.79 Å². The van der Waals surface area contributed by atoms with Gasteiger partial charge < -0.3 is 15.4 Å². The second-order valence-corrected chi connectivity index (χ2v) is 4.71. The van der Waals surface area contributed by atoms with Gasteiger partial charge in [0.1, 0.15) is 0 Å². The Morgan fingerprint density at radius 1 is 1.40 bits per heavy atom. The van der Waals surface area contributed by atoms with E-state index in [4.69, 9.17) is 10.5 Å². The van der Waals surface area contributed by atoms with Crippen molar-refractivity contribution in [3.8, 4) is 0 Å². The van der Waals surface area contributed by atoms with Crippen molar-refractivity contribution >= 4 is 5.91 Å². The maximum Gasteiger partial charge on any atom is 0.222 e. The Labute approximate surface area is 90.8 Å². The van der Waals surface area contributed by atoms with Crippen LogP contribution in [0.1, 0.15) is 19.3 Å². The van der Waals surface area contributed by atoms with E-state index < -0.39 is 0 Å². The molecule has 0 bridgehead atoms. The molecule has 15 heavy (non-hydrogen) atoms. The van der Waals surface area contributed by atoms with E-state index in [1.807, 2.05) is 0 Å². The van der Waals surface area contributed by atoms with Gasteiger partial charge in [-0.2, -0.15) is 0 Å². The van der Waals surface area contributed by atoms with Crippen LogP contribution in [0, 0.1) is 11.8 Å². The second kappa shape index (κ2) is 4.49. The number of likely N-dealkylation sites (tertiary alicyclic amines) is 1. The molecule has 0 atom stereocenters. The summed E-state index contributed by atoms with van der Waals surface area (Å²) in [5, 5.41) is 0. The lowest BCUT2D eigenvalue weighted by atomic mass is 9.78. The summed E-state index contributed by atoms with van der Waals surface area (Å²) in [4.78, 5) is 12.9. The fourth-order valence-electron chi connectivity index (χ4n) is 2.47.